The van der Waals surface area contributed by atoms with Crippen LogP contribution in [0.4, 0.5) is 27.9 Å². The van der Waals surface area contributed by atoms with Gasteiger partial charge in [0.25, 0.3) is 6.01 Å². The van der Waals surface area contributed by atoms with E-state index in [-0.39, 0.29) is 53.5 Å². The van der Waals surface area contributed by atoms with Gasteiger partial charge in [0.2, 0.25) is 12.2 Å². The van der Waals surface area contributed by atoms with Crippen LogP contribution >= 0.6 is 0 Å². The fraction of sp³-hybridized carbons (Fsp3) is 0.486. The zero-order valence-electron chi connectivity index (χ0n) is 30.7. The first kappa shape index (κ1) is 40.1. The largest absolute Gasteiger partial charge is 0.460 e. The van der Waals surface area contributed by atoms with Gasteiger partial charge in [0.1, 0.15) is 29.1 Å². The van der Waals surface area contributed by atoms with Crippen molar-refractivity contribution >= 4 is 51.3 Å². The molecule has 3 aromatic heterocycles. The summed E-state index contributed by atoms with van der Waals surface area (Å²) in [4.78, 5) is 43.5. The molecule has 17 heteroatoms. The first-order valence-electron chi connectivity index (χ1n) is 17.4. The van der Waals surface area contributed by atoms with Crippen molar-refractivity contribution in [3.8, 4) is 6.01 Å². The molecular weight excluding hydrogens is 719 g/mol. The lowest BCUT2D eigenvalue weighted by Crippen LogP contribution is -2.52. The second-order valence-corrected chi connectivity index (χ2v) is 14.4. The Bertz CT molecular complexity index is 2060. The van der Waals surface area contributed by atoms with Crippen LogP contribution in [0.25, 0.3) is 33.1 Å². The van der Waals surface area contributed by atoms with Crippen molar-refractivity contribution < 1.29 is 50.5 Å². The maximum atomic E-state index is 13.8. The highest BCUT2D eigenvalue weighted by molar-refractivity contribution is 6.06. The molecule has 2 fully saturated rings. The summed E-state index contributed by atoms with van der Waals surface area (Å²) in [6.07, 6.45) is -3.38. The van der Waals surface area contributed by atoms with E-state index in [1.807, 2.05) is 25.7 Å². The van der Waals surface area contributed by atoms with Gasteiger partial charge < -0.3 is 28.7 Å². The standard InChI is InChI=1S/C24H16F5N5O4.C8H15NO.C5H12O/c25-11-5-7-14-15(9-11)31-23(30-14)36-12-6-8-16(21(35)38-29)34(10-12)20-19-18(32-22(33-20)24(26,27)28)13-3-1-2-4-17(13)37-19;1-7-3-4-9(6-10)5-8(7)2;1-5(2,3)6-4/h1-5,7,9,12,16H,6,8,10H2,(H,30,31);6-8H,3-5H2,1-2H3;1-4H3/t12-,16-;7?,8-;/m00./s1. The van der Waals surface area contributed by atoms with Crippen molar-refractivity contribution in [2.45, 2.75) is 77.8 Å². The van der Waals surface area contributed by atoms with Gasteiger partial charge in [0, 0.05) is 30.1 Å². The average molecular weight is 763 g/mol. The van der Waals surface area contributed by atoms with Crippen LogP contribution in [-0.2, 0) is 25.4 Å². The summed E-state index contributed by atoms with van der Waals surface area (Å²) in [6.45, 7) is 12.2. The number of piperidine rings is 2. The maximum Gasteiger partial charge on any atom is 0.451 e. The Balaban J connectivity index is 0.000000292. The van der Waals surface area contributed by atoms with Crippen LogP contribution < -0.4 is 9.64 Å². The van der Waals surface area contributed by atoms with Crippen molar-refractivity contribution in [2.24, 2.45) is 11.8 Å². The summed E-state index contributed by atoms with van der Waals surface area (Å²) in [6, 6.07) is 8.96. The van der Waals surface area contributed by atoms with E-state index in [0.29, 0.717) is 22.3 Å². The van der Waals surface area contributed by atoms with Gasteiger partial charge in [-0.2, -0.15) is 18.2 Å². The van der Waals surface area contributed by atoms with Gasteiger partial charge in [-0.1, -0.05) is 26.0 Å². The number of nitrogens with zero attached hydrogens (tertiary/aromatic N) is 5. The summed E-state index contributed by atoms with van der Waals surface area (Å²) in [5, 5.41) is 0.306. The molecule has 5 heterocycles. The summed E-state index contributed by atoms with van der Waals surface area (Å²) in [7, 11) is 1.71. The van der Waals surface area contributed by atoms with Crippen LogP contribution in [-0.4, -0.2) is 81.7 Å². The quantitative estimate of drug-likeness (QED) is 0.140. The van der Waals surface area contributed by atoms with E-state index in [2.05, 4.69) is 38.7 Å². The number of halogens is 5. The van der Waals surface area contributed by atoms with Gasteiger partial charge in [-0.3, -0.25) is 9.74 Å². The number of likely N-dealkylation sites (tertiary alicyclic amines) is 1. The predicted molar refractivity (Wildman–Crippen MR) is 190 cm³/mol. The summed E-state index contributed by atoms with van der Waals surface area (Å²) in [5.41, 5.74) is 0.869. The molecule has 12 nitrogen and oxygen atoms in total. The first-order valence-corrected chi connectivity index (χ1v) is 17.4. The molecule has 2 aliphatic heterocycles. The van der Waals surface area contributed by atoms with Crippen molar-refractivity contribution in [2.75, 3.05) is 31.6 Å². The first-order chi connectivity index (χ1) is 25.5. The number of methoxy groups -OCH3 is 1. The number of hydrogen-bond acceptors (Lipinski definition) is 10. The minimum absolute atomic E-state index is 0.0367. The smallest absolute Gasteiger partial charge is 0.451 e. The van der Waals surface area contributed by atoms with Gasteiger partial charge in [-0.15, -0.1) is 0 Å². The molecule has 0 saturated carbocycles. The number of amides is 1. The molecule has 2 aliphatic rings. The number of H-pyrrole nitrogens is 1. The molecule has 54 heavy (non-hydrogen) atoms. The van der Waals surface area contributed by atoms with Crippen LogP contribution in [0.2, 0.25) is 0 Å². The summed E-state index contributed by atoms with van der Waals surface area (Å²) < 4.78 is 84.6. The second kappa shape index (κ2) is 16.5. The van der Waals surface area contributed by atoms with Crippen molar-refractivity contribution in [1.29, 1.82) is 0 Å². The highest BCUT2D eigenvalue weighted by atomic mass is 19.4. The molecule has 1 amide bonds. The SMILES string of the molecule is CC1CCN(C=O)C[C@@H]1C.COC(C)(C)C.O=C(OF)[C@@H]1CC[C@H](Oc2nc3ccc(F)cc3[nH]2)CN1c1nc(C(F)(F)F)nc2c1oc1ccccc12. The van der Waals surface area contributed by atoms with Crippen LogP contribution in [0.3, 0.4) is 0 Å². The van der Waals surface area contributed by atoms with Gasteiger partial charge in [-0.05, 0) is 82.2 Å². The number of carbonyl (C=O) groups is 2. The highest BCUT2D eigenvalue weighted by Gasteiger charge is 2.42. The molecular formula is C37H43F5N6O6. The number of anilines is 1. The molecule has 5 aromatic rings. The predicted octanol–water partition coefficient (Wildman–Crippen LogP) is 7.81. The van der Waals surface area contributed by atoms with Crippen LogP contribution in [0.5, 0.6) is 6.01 Å². The number of aromatic nitrogens is 4. The Morgan fingerprint density at radius 2 is 1.72 bits per heavy atom. The Morgan fingerprint density at radius 3 is 2.37 bits per heavy atom. The third kappa shape index (κ3) is 9.53. The third-order valence-electron chi connectivity index (χ3n) is 9.44. The monoisotopic (exact) mass is 762 g/mol. The van der Waals surface area contributed by atoms with E-state index in [4.69, 9.17) is 13.9 Å². The van der Waals surface area contributed by atoms with E-state index in [0.717, 1.165) is 30.3 Å². The number of imidazole rings is 1. The molecule has 292 valence electrons. The molecule has 1 N–H and O–H groups in total. The minimum Gasteiger partial charge on any atom is -0.460 e. The van der Waals surface area contributed by atoms with Crippen LogP contribution in [0, 0.1) is 17.7 Å². The molecule has 0 aliphatic carbocycles. The van der Waals surface area contributed by atoms with Gasteiger partial charge in [-0.25, -0.2) is 19.2 Å². The fourth-order valence-corrected chi connectivity index (χ4v) is 6.03. The fourth-order valence-electron chi connectivity index (χ4n) is 6.03. The number of carbonyl (C=O) groups excluding carboxylic acids is 2. The van der Waals surface area contributed by atoms with E-state index in [1.54, 1.807) is 25.3 Å². The molecule has 0 radical (unpaired) electrons. The molecule has 0 spiro atoms. The second-order valence-electron chi connectivity index (χ2n) is 14.4. The lowest BCUT2D eigenvalue weighted by Gasteiger charge is -2.37. The topological polar surface area (TPSA) is 136 Å². The van der Waals surface area contributed by atoms with Gasteiger partial charge >= 0.3 is 12.1 Å². The third-order valence-corrected chi connectivity index (χ3v) is 9.44. The Labute approximate surface area is 307 Å². The molecule has 0 bridgehead atoms. The average Bonchev–Trinajstić information content (AvgIpc) is 3.72. The normalized spacial score (nSPS) is 20.6. The zero-order chi connectivity index (χ0) is 39.4. The van der Waals surface area contributed by atoms with Gasteiger partial charge in [0.15, 0.2) is 11.4 Å². The lowest BCUT2D eigenvalue weighted by atomic mass is 9.89. The molecule has 1 unspecified atom stereocenters. The molecule has 4 atom stereocenters. The summed E-state index contributed by atoms with van der Waals surface area (Å²) >= 11 is 0. The van der Waals surface area contributed by atoms with E-state index < -0.39 is 35.9 Å². The number of hydrogen-bond donors (Lipinski definition) is 1. The summed E-state index contributed by atoms with van der Waals surface area (Å²) in [5.74, 6) is -2.15. The van der Waals surface area contributed by atoms with E-state index >= 15 is 0 Å². The molecule has 2 aromatic carbocycles. The maximum absolute atomic E-state index is 13.8. The number of alkyl halides is 3. The number of ether oxygens (including phenoxy) is 2. The van der Waals surface area contributed by atoms with Crippen molar-refractivity contribution in [3.05, 3.63) is 54.1 Å². The number of rotatable bonds is 5. The lowest BCUT2D eigenvalue weighted by molar-refractivity contribution is -0.186. The zero-order valence-corrected chi connectivity index (χ0v) is 30.7. The van der Waals surface area contributed by atoms with Gasteiger partial charge in [0.05, 0.1) is 23.2 Å². The number of nitrogens with one attached hydrogen (secondary N) is 1. The Hall–Kier alpha value is -5.06. The highest BCUT2D eigenvalue weighted by Crippen LogP contribution is 2.39. The number of benzene rings is 2. The number of furan rings is 1. The minimum atomic E-state index is -4.92. The van der Waals surface area contributed by atoms with Crippen LogP contribution in [0.1, 0.15) is 59.7 Å². The number of para-hydroxylation sites is 1. The number of aromatic amines is 1. The van der Waals surface area contributed by atoms with E-state index in [9.17, 15) is 31.7 Å². The Morgan fingerprint density at radius 1 is 1.00 bits per heavy atom. The molecule has 2 saturated heterocycles. The van der Waals surface area contributed by atoms with E-state index in [1.165, 1.54) is 30.7 Å². The Kier molecular flexibility index (Phi) is 12.3. The number of fused-ring (bicyclic) bond motifs is 4. The van der Waals surface area contributed by atoms with Crippen molar-refractivity contribution in [1.82, 2.24) is 24.8 Å². The van der Waals surface area contributed by atoms with Crippen molar-refractivity contribution in [3.63, 3.8) is 0 Å². The molecule has 7 rings (SSSR count). The van der Waals surface area contributed by atoms with Crippen LogP contribution in [0.15, 0.2) is 46.9 Å².